The zero-order valence-electron chi connectivity index (χ0n) is 35.1. The Morgan fingerprint density at radius 3 is 1.15 bits per heavy atom. The summed E-state index contributed by atoms with van der Waals surface area (Å²) in [5, 5.41) is 0. The molecule has 0 aromatic rings. The van der Waals surface area contributed by atoms with E-state index in [0.29, 0.717) is 11.8 Å². The zero-order valence-corrected chi connectivity index (χ0v) is 35.1. The fourth-order valence-corrected chi connectivity index (χ4v) is 13.2. The van der Waals surface area contributed by atoms with Gasteiger partial charge in [-0.15, -0.1) is 0 Å². The van der Waals surface area contributed by atoms with Gasteiger partial charge >= 0.3 is 0 Å². The van der Waals surface area contributed by atoms with Gasteiger partial charge in [0.25, 0.3) is 0 Å². The maximum absolute atomic E-state index is 6.64. The quantitative estimate of drug-likeness (QED) is 0.104. The largest absolute Gasteiger partial charge is 0.380 e. The minimum atomic E-state index is -0.272. The van der Waals surface area contributed by atoms with E-state index in [9.17, 15) is 0 Å². The molecule has 6 rings (SSSR count). The molecule has 0 aromatic carbocycles. The third-order valence-electron chi connectivity index (χ3n) is 16.4. The SMILES string of the molecule is CCCCC[C@H]1CC[C@H](C2([C@]3(OC)C=C[C@H](COC[C@H]4C=C[C@@](OC)(C5([C@H]6CC[C@H](CCCCC)CC6)CCCCC5)C=C4)C=C3)CCCCC2)CC1. The molecule has 0 radical (unpaired) electrons. The van der Waals surface area contributed by atoms with Crippen LogP contribution in [0.4, 0.5) is 0 Å². The molecule has 0 unspecified atom stereocenters. The van der Waals surface area contributed by atoms with Gasteiger partial charge in [0.1, 0.15) is 11.2 Å². The second kappa shape index (κ2) is 19.8. The van der Waals surface area contributed by atoms with E-state index in [4.69, 9.17) is 14.2 Å². The van der Waals surface area contributed by atoms with E-state index in [2.05, 4.69) is 62.5 Å². The van der Waals surface area contributed by atoms with Crippen LogP contribution >= 0.6 is 0 Å². The molecule has 53 heavy (non-hydrogen) atoms. The zero-order chi connectivity index (χ0) is 37.0. The Balaban J connectivity index is 1.03. The number of methoxy groups -OCH3 is 2. The molecule has 3 nitrogen and oxygen atoms in total. The smallest absolute Gasteiger partial charge is 0.110 e. The first kappa shape index (κ1) is 41.5. The lowest BCUT2D eigenvalue weighted by molar-refractivity contribution is -0.109. The molecule has 0 amide bonds. The predicted octanol–water partition coefficient (Wildman–Crippen LogP) is 13.9. The van der Waals surface area contributed by atoms with E-state index in [1.807, 2.05) is 14.2 Å². The molecule has 0 bridgehead atoms. The average molecular weight is 731 g/mol. The molecule has 6 aliphatic carbocycles. The summed E-state index contributed by atoms with van der Waals surface area (Å²) in [6.45, 7) is 6.14. The number of ether oxygens (including phenoxy) is 3. The van der Waals surface area contributed by atoms with Crippen molar-refractivity contribution < 1.29 is 14.2 Å². The summed E-state index contributed by atoms with van der Waals surface area (Å²) in [5.74, 6) is 4.07. The molecule has 4 fully saturated rings. The predicted molar refractivity (Wildman–Crippen MR) is 224 cm³/mol. The molecule has 0 atom stereocenters. The van der Waals surface area contributed by atoms with Crippen LogP contribution in [0.3, 0.4) is 0 Å². The number of rotatable bonds is 18. The molecule has 0 spiro atoms. The molecule has 4 saturated carbocycles. The van der Waals surface area contributed by atoms with Gasteiger partial charge in [0, 0.05) is 36.9 Å². The molecule has 0 heterocycles. The highest BCUT2D eigenvalue weighted by atomic mass is 16.5. The van der Waals surface area contributed by atoms with Gasteiger partial charge in [0.05, 0.1) is 13.2 Å². The Kier molecular flexibility index (Phi) is 15.5. The summed E-state index contributed by atoms with van der Waals surface area (Å²) in [5.41, 5.74) is -0.0680. The molecule has 0 aliphatic heterocycles. The van der Waals surface area contributed by atoms with Gasteiger partial charge < -0.3 is 14.2 Å². The fourth-order valence-electron chi connectivity index (χ4n) is 13.2. The minimum absolute atomic E-state index is 0.239. The average Bonchev–Trinajstić information content (AvgIpc) is 3.22. The Labute approximate surface area is 327 Å². The van der Waals surface area contributed by atoms with Gasteiger partial charge in [-0.25, -0.2) is 0 Å². The van der Waals surface area contributed by atoms with Crippen molar-refractivity contribution in [1.82, 2.24) is 0 Å². The third kappa shape index (κ3) is 9.20. The standard InChI is InChI=1S/C50H82O3/c1-5-7-11-17-41-19-23-45(24-20-41)47(31-13-9-14-32-47)49(51-3)35-27-43(28-36-49)39-53-40-44-29-37-50(52-4,38-30-44)48(33-15-10-16-34-48)46-25-21-42(22-26-46)18-12-8-6-2/h27-30,35-38,41-46H,5-26,31-34,39-40H2,1-4H3/t41-,42-,43-,44-,45-,46-,49-,50-. The van der Waals surface area contributed by atoms with Crippen molar-refractivity contribution >= 4 is 0 Å². The highest BCUT2D eigenvalue weighted by Gasteiger charge is 2.56. The highest BCUT2D eigenvalue weighted by Crippen LogP contribution is 2.60. The molecule has 6 aliphatic rings. The summed E-state index contributed by atoms with van der Waals surface area (Å²) >= 11 is 0. The summed E-state index contributed by atoms with van der Waals surface area (Å²) in [6.07, 6.45) is 55.6. The van der Waals surface area contributed by atoms with Gasteiger partial charge in [0.2, 0.25) is 0 Å². The van der Waals surface area contributed by atoms with Gasteiger partial charge in [-0.3, -0.25) is 0 Å². The first-order chi connectivity index (χ1) is 26.0. The molecule has 300 valence electrons. The lowest BCUT2D eigenvalue weighted by atomic mass is 9.52. The lowest BCUT2D eigenvalue weighted by Gasteiger charge is -2.56. The second-order valence-electron chi connectivity index (χ2n) is 19.2. The Morgan fingerprint density at radius 1 is 0.472 bits per heavy atom. The molecule has 0 saturated heterocycles. The van der Waals surface area contributed by atoms with Crippen LogP contribution in [0.25, 0.3) is 0 Å². The van der Waals surface area contributed by atoms with Crippen molar-refractivity contribution in [3.05, 3.63) is 48.6 Å². The van der Waals surface area contributed by atoms with E-state index in [-0.39, 0.29) is 22.0 Å². The third-order valence-corrected chi connectivity index (χ3v) is 16.4. The van der Waals surface area contributed by atoms with Crippen molar-refractivity contribution in [3.8, 4) is 0 Å². The van der Waals surface area contributed by atoms with E-state index >= 15 is 0 Å². The van der Waals surface area contributed by atoms with Crippen molar-refractivity contribution in [2.24, 2.45) is 46.3 Å². The van der Waals surface area contributed by atoms with E-state index in [1.165, 1.54) is 167 Å². The van der Waals surface area contributed by atoms with Crippen LogP contribution in [0.2, 0.25) is 0 Å². The summed E-state index contributed by atoms with van der Waals surface area (Å²) in [4.78, 5) is 0. The minimum Gasteiger partial charge on any atom is -0.380 e. The molecular weight excluding hydrogens is 649 g/mol. The first-order valence-electron chi connectivity index (χ1n) is 23.4. The van der Waals surface area contributed by atoms with Crippen molar-refractivity contribution in [2.45, 2.75) is 192 Å². The van der Waals surface area contributed by atoms with Crippen LogP contribution in [0.15, 0.2) is 48.6 Å². The first-order valence-corrected chi connectivity index (χ1v) is 23.4. The van der Waals surface area contributed by atoms with Gasteiger partial charge in [0.15, 0.2) is 0 Å². The van der Waals surface area contributed by atoms with Crippen LogP contribution < -0.4 is 0 Å². The van der Waals surface area contributed by atoms with Crippen LogP contribution in [-0.4, -0.2) is 38.6 Å². The van der Waals surface area contributed by atoms with E-state index < -0.39 is 0 Å². The Bertz CT molecular complexity index is 1060. The number of hydrogen-bond acceptors (Lipinski definition) is 3. The van der Waals surface area contributed by atoms with Crippen LogP contribution in [-0.2, 0) is 14.2 Å². The second-order valence-corrected chi connectivity index (χ2v) is 19.2. The summed E-state index contributed by atoms with van der Waals surface area (Å²) in [7, 11) is 3.97. The Morgan fingerprint density at radius 2 is 0.830 bits per heavy atom. The maximum atomic E-state index is 6.64. The fraction of sp³-hybridized carbons (Fsp3) is 0.840. The van der Waals surface area contributed by atoms with Crippen LogP contribution in [0.5, 0.6) is 0 Å². The van der Waals surface area contributed by atoms with Gasteiger partial charge in [-0.2, -0.15) is 0 Å². The monoisotopic (exact) mass is 731 g/mol. The summed E-state index contributed by atoms with van der Waals surface area (Å²) < 4.78 is 19.8. The van der Waals surface area contributed by atoms with Crippen molar-refractivity contribution in [1.29, 1.82) is 0 Å². The van der Waals surface area contributed by atoms with Crippen LogP contribution in [0, 0.1) is 46.3 Å². The molecule has 3 heteroatoms. The number of hydrogen-bond donors (Lipinski definition) is 0. The molecule has 0 N–H and O–H groups in total. The maximum Gasteiger partial charge on any atom is 0.110 e. The van der Waals surface area contributed by atoms with Gasteiger partial charge in [-0.1, -0.05) is 178 Å². The summed E-state index contributed by atoms with van der Waals surface area (Å²) in [6, 6.07) is 0. The normalized spacial score (nSPS) is 36.8. The highest BCUT2D eigenvalue weighted by molar-refractivity contribution is 5.31. The van der Waals surface area contributed by atoms with Crippen molar-refractivity contribution in [2.75, 3.05) is 27.4 Å². The van der Waals surface area contributed by atoms with Gasteiger partial charge in [-0.05, 0) is 75.0 Å². The van der Waals surface area contributed by atoms with E-state index in [1.54, 1.807) is 0 Å². The van der Waals surface area contributed by atoms with E-state index in [0.717, 1.165) is 36.9 Å². The molecular formula is C50H82O3. The number of unbranched alkanes of at least 4 members (excludes halogenated alkanes) is 4. The molecule has 0 aromatic heterocycles. The van der Waals surface area contributed by atoms with Crippen LogP contribution in [0.1, 0.15) is 181 Å². The topological polar surface area (TPSA) is 27.7 Å². The van der Waals surface area contributed by atoms with Crippen molar-refractivity contribution in [3.63, 3.8) is 0 Å². The lowest BCUT2D eigenvalue weighted by Crippen LogP contribution is -2.54. The Hall–Kier alpha value is -1.16.